The van der Waals surface area contributed by atoms with Gasteiger partial charge in [0.15, 0.2) is 17.3 Å². The Morgan fingerprint density at radius 3 is 2.41 bits per heavy atom. The number of carbonyl (C=O) groups is 1. The van der Waals surface area contributed by atoms with Gasteiger partial charge in [-0.25, -0.2) is 8.78 Å². The van der Waals surface area contributed by atoms with E-state index in [1.807, 2.05) is 4.90 Å². The molecular weight excluding hydrogens is 371 g/mol. The molecule has 0 atom stereocenters. The van der Waals surface area contributed by atoms with Crippen LogP contribution in [0.25, 0.3) is 0 Å². The van der Waals surface area contributed by atoms with Crippen LogP contribution in [-0.2, 0) is 19.8 Å². The van der Waals surface area contributed by atoms with Crippen LogP contribution in [0.15, 0.2) is 24.3 Å². The van der Waals surface area contributed by atoms with Crippen LogP contribution in [0, 0.1) is 11.6 Å². The third-order valence-electron chi connectivity index (χ3n) is 4.47. The Morgan fingerprint density at radius 2 is 1.81 bits per heavy atom. The molecule has 0 bridgehead atoms. The van der Waals surface area contributed by atoms with Gasteiger partial charge in [-0.05, 0) is 6.07 Å². The van der Waals surface area contributed by atoms with Gasteiger partial charge in [-0.15, -0.1) is 0 Å². The maximum Gasteiger partial charge on any atom is 0.435 e. The highest BCUT2D eigenvalue weighted by Crippen LogP contribution is 2.28. The van der Waals surface area contributed by atoms with Crippen LogP contribution in [0.2, 0.25) is 0 Å². The highest BCUT2D eigenvalue weighted by Gasteiger charge is 2.36. The molecule has 0 saturated carbocycles. The molecule has 1 aliphatic heterocycles. The molecule has 10 heteroatoms. The molecule has 3 rings (SSSR count). The van der Waals surface area contributed by atoms with Gasteiger partial charge in [-0.2, -0.15) is 18.3 Å². The van der Waals surface area contributed by atoms with Crippen molar-refractivity contribution in [2.45, 2.75) is 12.7 Å². The standard InChI is InChI=1S/C17H17F5N4O/c1-24-13(9-14(23-24)17(20,21)22)16(27)26-7-5-25(6-8-26)10-11-3-2-4-12(18)15(11)19/h2-4,9H,5-8,10H2,1H3. The van der Waals surface area contributed by atoms with Crippen molar-refractivity contribution in [3.63, 3.8) is 0 Å². The second-order valence-electron chi connectivity index (χ2n) is 6.32. The number of aromatic nitrogens is 2. The maximum atomic E-state index is 13.8. The molecule has 146 valence electrons. The second kappa shape index (κ2) is 7.26. The minimum atomic E-state index is -4.62. The molecule has 0 unspecified atom stereocenters. The van der Waals surface area contributed by atoms with Crippen LogP contribution in [0.4, 0.5) is 22.0 Å². The van der Waals surface area contributed by atoms with Gasteiger partial charge in [0.25, 0.3) is 5.91 Å². The minimum Gasteiger partial charge on any atom is -0.335 e. The number of nitrogens with zero attached hydrogens (tertiary/aromatic N) is 4. The van der Waals surface area contributed by atoms with Crippen LogP contribution in [0.5, 0.6) is 0 Å². The predicted octanol–water partition coefficient (Wildman–Crippen LogP) is 2.68. The highest BCUT2D eigenvalue weighted by atomic mass is 19.4. The summed E-state index contributed by atoms with van der Waals surface area (Å²) in [6.07, 6.45) is -4.62. The summed E-state index contributed by atoms with van der Waals surface area (Å²) >= 11 is 0. The Bertz CT molecular complexity index is 840. The molecule has 0 radical (unpaired) electrons. The Hall–Kier alpha value is -2.49. The summed E-state index contributed by atoms with van der Waals surface area (Å²) in [4.78, 5) is 15.8. The van der Waals surface area contributed by atoms with Gasteiger partial charge in [0, 0.05) is 51.4 Å². The van der Waals surface area contributed by atoms with E-state index in [9.17, 15) is 26.7 Å². The van der Waals surface area contributed by atoms with Crippen molar-refractivity contribution in [3.05, 3.63) is 52.9 Å². The molecule has 1 aromatic carbocycles. The fourth-order valence-electron chi connectivity index (χ4n) is 2.99. The summed E-state index contributed by atoms with van der Waals surface area (Å²) in [5.74, 6) is -2.36. The van der Waals surface area contributed by atoms with Crippen LogP contribution in [0.3, 0.4) is 0 Å². The van der Waals surface area contributed by atoms with Crippen molar-refractivity contribution in [1.82, 2.24) is 19.6 Å². The molecule has 5 nitrogen and oxygen atoms in total. The first-order valence-electron chi connectivity index (χ1n) is 8.22. The van der Waals surface area contributed by atoms with E-state index in [0.29, 0.717) is 13.1 Å². The monoisotopic (exact) mass is 388 g/mol. The molecule has 1 fully saturated rings. The molecule has 0 spiro atoms. The number of carbonyl (C=O) groups excluding carboxylic acids is 1. The van der Waals surface area contributed by atoms with Gasteiger partial charge in [0.2, 0.25) is 0 Å². The summed E-state index contributed by atoms with van der Waals surface area (Å²) in [5.41, 5.74) is -1.04. The van der Waals surface area contributed by atoms with E-state index in [2.05, 4.69) is 5.10 Å². The van der Waals surface area contributed by atoms with Crippen molar-refractivity contribution < 1.29 is 26.7 Å². The zero-order valence-corrected chi connectivity index (χ0v) is 14.4. The summed E-state index contributed by atoms with van der Waals surface area (Å²) in [6, 6.07) is 4.69. The van der Waals surface area contributed by atoms with Gasteiger partial charge < -0.3 is 4.90 Å². The van der Waals surface area contributed by atoms with Gasteiger partial charge >= 0.3 is 6.18 Å². The van der Waals surface area contributed by atoms with Crippen molar-refractivity contribution in [3.8, 4) is 0 Å². The third-order valence-corrected chi connectivity index (χ3v) is 4.47. The lowest BCUT2D eigenvalue weighted by Crippen LogP contribution is -2.48. The fraction of sp³-hybridized carbons (Fsp3) is 0.412. The molecule has 1 saturated heterocycles. The molecule has 27 heavy (non-hydrogen) atoms. The molecule has 0 aliphatic carbocycles. The molecule has 2 heterocycles. The van der Waals surface area contributed by atoms with E-state index in [-0.39, 0.29) is 30.9 Å². The quantitative estimate of drug-likeness (QED) is 0.760. The van der Waals surface area contributed by atoms with E-state index in [0.717, 1.165) is 16.8 Å². The van der Waals surface area contributed by atoms with Crippen molar-refractivity contribution in [1.29, 1.82) is 0 Å². The number of hydrogen-bond acceptors (Lipinski definition) is 3. The number of benzene rings is 1. The zero-order chi connectivity index (χ0) is 19.8. The highest BCUT2D eigenvalue weighted by molar-refractivity contribution is 5.92. The smallest absolute Gasteiger partial charge is 0.335 e. The Balaban J connectivity index is 1.63. The topological polar surface area (TPSA) is 41.4 Å². The lowest BCUT2D eigenvalue weighted by Gasteiger charge is -2.34. The average Bonchev–Trinajstić information content (AvgIpc) is 3.01. The second-order valence-corrected chi connectivity index (χ2v) is 6.32. The number of rotatable bonds is 3. The van der Waals surface area contributed by atoms with Crippen LogP contribution < -0.4 is 0 Å². The Labute approximate surface area is 152 Å². The summed E-state index contributed by atoms with van der Waals surface area (Å²) in [6.45, 7) is 1.51. The molecule has 0 N–H and O–H groups in total. The van der Waals surface area contributed by atoms with Gasteiger partial charge in [-0.3, -0.25) is 14.4 Å². The first kappa shape index (κ1) is 19.3. The van der Waals surface area contributed by atoms with E-state index >= 15 is 0 Å². The number of amides is 1. The predicted molar refractivity (Wildman–Crippen MR) is 85.7 cm³/mol. The van der Waals surface area contributed by atoms with E-state index in [1.54, 1.807) is 0 Å². The number of piperazine rings is 1. The number of alkyl halides is 3. The molecule has 1 amide bonds. The largest absolute Gasteiger partial charge is 0.435 e. The van der Waals surface area contributed by atoms with Crippen molar-refractivity contribution in [2.75, 3.05) is 26.2 Å². The lowest BCUT2D eigenvalue weighted by atomic mass is 10.1. The number of hydrogen-bond donors (Lipinski definition) is 0. The van der Waals surface area contributed by atoms with Crippen molar-refractivity contribution >= 4 is 5.91 Å². The van der Waals surface area contributed by atoms with E-state index in [1.165, 1.54) is 24.1 Å². The molecule has 2 aromatic rings. The van der Waals surface area contributed by atoms with E-state index in [4.69, 9.17) is 0 Å². The summed E-state index contributed by atoms with van der Waals surface area (Å²) < 4.78 is 66.2. The minimum absolute atomic E-state index is 0.146. The van der Waals surface area contributed by atoms with Crippen LogP contribution >= 0.6 is 0 Å². The number of aryl methyl sites for hydroxylation is 1. The van der Waals surface area contributed by atoms with E-state index < -0.39 is 29.4 Å². The zero-order valence-electron chi connectivity index (χ0n) is 14.4. The normalized spacial score (nSPS) is 16.0. The van der Waals surface area contributed by atoms with Crippen LogP contribution in [0.1, 0.15) is 21.7 Å². The first-order valence-corrected chi connectivity index (χ1v) is 8.22. The molecule has 1 aromatic heterocycles. The number of halogens is 5. The first-order chi connectivity index (χ1) is 12.7. The van der Waals surface area contributed by atoms with Gasteiger partial charge in [0.1, 0.15) is 5.69 Å². The summed E-state index contributed by atoms with van der Waals surface area (Å²) in [5, 5.41) is 3.34. The summed E-state index contributed by atoms with van der Waals surface area (Å²) in [7, 11) is 1.28. The average molecular weight is 388 g/mol. The SMILES string of the molecule is Cn1nc(C(F)(F)F)cc1C(=O)N1CCN(Cc2cccc(F)c2F)CC1. The molecule has 1 aliphatic rings. The third kappa shape index (κ3) is 4.10. The Kier molecular flexibility index (Phi) is 5.18. The fourth-order valence-corrected chi connectivity index (χ4v) is 2.99. The Morgan fingerprint density at radius 1 is 1.15 bits per heavy atom. The lowest BCUT2D eigenvalue weighted by molar-refractivity contribution is -0.141. The van der Waals surface area contributed by atoms with Gasteiger partial charge in [0.05, 0.1) is 0 Å². The molecular formula is C17H17F5N4O. The van der Waals surface area contributed by atoms with Crippen LogP contribution in [-0.4, -0.2) is 51.7 Å². The van der Waals surface area contributed by atoms with Crippen molar-refractivity contribution in [2.24, 2.45) is 7.05 Å². The maximum absolute atomic E-state index is 13.8. The van der Waals surface area contributed by atoms with Gasteiger partial charge in [-0.1, -0.05) is 12.1 Å².